The lowest BCUT2D eigenvalue weighted by atomic mass is 10.2. The van der Waals surface area contributed by atoms with Gasteiger partial charge >= 0.3 is 0 Å². The number of hydrogen-bond acceptors (Lipinski definition) is 6. The molecule has 1 aliphatic rings. The third-order valence-corrected chi connectivity index (χ3v) is 6.83. The van der Waals surface area contributed by atoms with Crippen LogP contribution in [-0.2, 0) is 16.1 Å². The highest BCUT2D eigenvalue weighted by Crippen LogP contribution is 2.36. The fourth-order valence-corrected chi connectivity index (χ4v) is 4.91. The first-order valence-corrected chi connectivity index (χ1v) is 13.0. The van der Waals surface area contributed by atoms with Crippen LogP contribution in [0.15, 0.2) is 106 Å². The molecule has 2 amide bonds. The van der Waals surface area contributed by atoms with E-state index in [0.717, 1.165) is 5.69 Å². The third-order valence-electron chi connectivity index (χ3n) is 5.52. The SMILES string of the molecule is O=C(COc1ccc(/C=C2\SC(=Nc3ccccc3)N(Cc3ccco3)C2=O)cc1Cl)Nc1ccccc1F. The van der Waals surface area contributed by atoms with Crippen LogP contribution in [0.5, 0.6) is 5.75 Å². The van der Waals surface area contributed by atoms with Crippen molar-refractivity contribution in [3.63, 3.8) is 0 Å². The van der Waals surface area contributed by atoms with E-state index < -0.39 is 11.7 Å². The van der Waals surface area contributed by atoms with Gasteiger partial charge in [-0.3, -0.25) is 14.5 Å². The number of para-hydroxylation sites is 2. The molecular weight excluding hydrogens is 541 g/mol. The molecule has 39 heavy (non-hydrogen) atoms. The Morgan fingerprint density at radius 2 is 1.87 bits per heavy atom. The summed E-state index contributed by atoms with van der Waals surface area (Å²) < 4.78 is 24.7. The Morgan fingerprint density at radius 3 is 2.62 bits per heavy atom. The van der Waals surface area contributed by atoms with Gasteiger partial charge < -0.3 is 14.5 Å². The van der Waals surface area contributed by atoms with Gasteiger partial charge in [0.05, 0.1) is 34.1 Å². The fraction of sp³-hybridized carbons (Fsp3) is 0.0690. The molecule has 5 rings (SSSR count). The number of ether oxygens (including phenoxy) is 1. The van der Waals surface area contributed by atoms with Gasteiger partial charge in [-0.05, 0) is 71.9 Å². The molecule has 196 valence electrons. The molecule has 1 aromatic heterocycles. The van der Waals surface area contributed by atoms with E-state index >= 15 is 0 Å². The van der Waals surface area contributed by atoms with Gasteiger partial charge in [0.1, 0.15) is 17.3 Å². The molecule has 0 saturated carbocycles. The molecule has 0 atom stereocenters. The molecule has 3 aromatic carbocycles. The maximum atomic E-state index is 13.7. The zero-order chi connectivity index (χ0) is 27.2. The standard InChI is InChI=1S/C29H21ClFN3O4S/c30-22-15-19(12-13-25(22)38-18-27(35)33-24-11-5-4-10-23(24)31)16-26-28(36)34(17-21-9-6-14-37-21)29(39-26)32-20-7-2-1-3-8-20/h1-16H,17-18H2,(H,33,35)/b26-16-,32-29?. The van der Waals surface area contributed by atoms with E-state index in [0.29, 0.717) is 21.4 Å². The van der Waals surface area contributed by atoms with Crippen molar-refractivity contribution in [1.82, 2.24) is 4.90 Å². The van der Waals surface area contributed by atoms with Crippen LogP contribution in [0, 0.1) is 5.82 Å². The summed E-state index contributed by atoms with van der Waals surface area (Å²) in [5, 5.41) is 3.23. The minimum absolute atomic E-state index is 0.0640. The number of anilines is 1. The number of amides is 2. The minimum atomic E-state index is -0.541. The highest BCUT2D eigenvalue weighted by molar-refractivity contribution is 8.18. The lowest BCUT2D eigenvalue weighted by Gasteiger charge is -2.13. The maximum absolute atomic E-state index is 13.7. The number of rotatable bonds is 8. The minimum Gasteiger partial charge on any atom is -0.482 e. The van der Waals surface area contributed by atoms with Crippen LogP contribution in [0.4, 0.5) is 15.8 Å². The molecule has 0 spiro atoms. The number of carbonyl (C=O) groups is 2. The molecule has 0 radical (unpaired) electrons. The van der Waals surface area contributed by atoms with Crippen molar-refractivity contribution in [2.45, 2.75) is 6.54 Å². The van der Waals surface area contributed by atoms with Crippen molar-refractivity contribution < 1.29 is 23.1 Å². The normalized spacial score (nSPS) is 15.2. The average Bonchev–Trinajstić information content (AvgIpc) is 3.54. The van der Waals surface area contributed by atoms with Gasteiger partial charge in [0, 0.05) is 0 Å². The monoisotopic (exact) mass is 561 g/mol. The van der Waals surface area contributed by atoms with Crippen LogP contribution in [0.1, 0.15) is 11.3 Å². The van der Waals surface area contributed by atoms with Crippen LogP contribution in [0.3, 0.4) is 0 Å². The van der Waals surface area contributed by atoms with E-state index in [4.69, 9.17) is 20.8 Å². The van der Waals surface area contributed by atoms with Crippen LogP contribution in [-0.4, -0.2) is 28.5 Å². The Labute approximate surface area is 232 Å². The lowest BCUT2D eigenvalue weighted by Crippen LogP contribution is -2.28. The smallest absolute Gasteiger partial charge is 0.267 e. The van der Waals surface area contributed by atoms with Gasteiger partial charge in [0.15, 0.2) is 11.8 Å². The molecule has 0 bridgehead atoms. The van der Waals surface area contributed by atoms with Crippen molar-refractivity contribution in [1.29, 1.82) is 0 Å². The number of amidine groups is 1. The van der Waals surface area contributed by atoms with Crippen molar-refractivity contribution in [3.05, 3.63) is 118 Å². The number of benzene rings is 3. The largest absolute Gasteiger partial charge is 0.482 e. The second-order valence-corrected chi connectivity index (χ2v) is 9.73. The average molecular weight is 562 g/mol. The predicted molar refractivity (Wildman–Crippen MR) is 150 cm³/mol. The second-order valence-electron chi connectivity index (χ2n) is 8.32. The highest BCUT2D eigenvalue weighted by Gasteiger charge is 2.34. The molecule has 1 fully saturated rings. The molecular formula is C29H21ClFN3O4S. The quantitative estimate of drug-likeness (QED) is 0.237. The van der Waals surface area contributed by atoms with Gasteiger partial charge in [-0.25, -0.2) is 9.38 Å². The number of carbonyl (C=O) groups excluding carboxylic acids is 2. The maximum Gasteiger partial charge on any atom is 0.267 e. The number of furan rings is 1. The summed E-state index contributed by atoms with van der Waals surface area (Å²) >= 11 is 7.65. The van der Waals surface area contributed by atoms with Crippen LogP contribution < -0.4 is 10.1 Å². The molecule has 1 N–H and O–H groups in total. The van der Waals surface area contributed by atoms with E-state index in [1.807, 2.05) is 30.3 Å². The molecule has 7 nitrogen and oxygen atoms in total. The summed E-state index contributed by atoms with van der Waals surface area (Å²) in [5.74, 6) is -0.377. The van der Waals surface area contributed by atoms with Crippen molar-refractivity contribution >= 4 is 57.8 Å². The zero-order valence-corrected chi connectivity index (χ0v) is 21.9. The van der Waals surface area contributed by atoms with Crippen LogP contribution in [0.25, 0.3) is 6.08 Å². The third kappa shape index (κ3) is 6.57. The summed E-state index contributed by atoms with van der Waals surface area (Å²) in [4.78, 5) is 32.2. The molecule has 10 heteroatoms. The van der Waals surface area contributed by atoms with E-state index in [9.17, 15) is 14.0 Å². The Balaban J connectivity index is 1.30. The molecule has 0 aliphatic carbocycles. The van der Waals surface area contributed by atoms with Gasteiger partial charge in [-0.1, -0.05) is 48.0 Å². The number of nitrogens with zero attached hydrogens (tertiary/aromatic N) is 2. The van der Waals surface area contributed by atoms with Gasteiger partial charge in [-0.15, -0.1) is 0 Å². The van der Waals surface area contributed by atoms with Crippen molar-refractivity contribution in [2.75, 3.05) is 11.9 Å². The summed E-state index contributed by atoms with van der Waals surface area (Å²) in [6.45, 7) is -0.117. The molecule has 4 aromatic rings. The van der Waals surface area contributed by atoms with E-state index in [-0.39, 0.29) is 35.5 Å². The van der Waals surface area contributed by atoms with Crippen LogP contribution >= 0.6 is 23.4 Å². The number of hydrogen-bond donors (Lipinski definition) is 1. The Morgan fingerprint density at radius 1 is 1.08 bits per heavy atom. The molecule has 1 saturated heterocycles. The molecule has 2 heterocycles. The predicted octanol–water partition coefficient (Wildman–Crippen LogP) is 6.89. The zero-order valence-electron chi connectivity index (χ0n) is 20.3. The Kier molecular flexibility index (Phi) is 8.10. The highest BCUT2D eigenvalue weighted by atomic mass is 35.5. The first kappa shape index (κ1) is 26.3. The summed E-state index contributed by atoms with van der Waals surface area (Å²) in [6, 6.07) is 23.8. The second kappa shape index (κ2) is 12.0. The van der Waals surface area contributed by atoms with Gasteiger partial charge in [0.2, 0.25) is 0 Å². The number of aliphatic imine (C=N–C) groups is 1. The Hall–Kier alpha value is -4.34. The van der Waals surface area contributed by atoms with E-state index in [1.165, 1.54) is 30.0 Å². The van der Waals surface area contributed by atoms with E-state index in [1.54, 1.807) is 53.6 Å². The number of halogens is 2. The lowest BCUT2D eigenvalue weighted by molar-refractivity contribution is -0.122. The van der Waals surface area contributed by atoms with E-state index in [2.05, 4.69) is 10.3 Å². The molecule has 1 aliphatic heterocycles. The summed E-state index contributed by atoms with van der Waals surface area (Å²) in [5.41, 5.74) is 1.45. The van der Waals surface area contributed by atoms with Crippen LogP contribution in [0.2, 0.25) is 5.02 Å². The summed E-state index contributed by atoms with van der Waals surface area (Å²) in [7, 11) is 0. The topological polar surface area (TPSA) is 84.1 Å². The number of thioether (sulfide) groups is 1. The van der Waals surface area contributed by atoms with Gasteiger partial charge in [-0.2, -0.15) is 0 Å². The number of nitrogens with one attached hydrogen (secondary N) is 1. The fourth-order valence-electron chi connectivity index (χ4n) is 3.67. The first-order valence-electron chi connectivity index (χ1n) is 11.8. The van der Waals surface area contributed by atoms with Gasteiger partial charge in [0.25, 0.3) is 11.8 Å². The van der Waals surface area contributed by atoms with Crippen molar-refractivity contribution in [3.8, 4) is 5.75 Å². The molecule has 0 unspecified atom stereocenters. The first-order chi connectivity index (χ1) is 19.0. The van der Waals surface area contributed by atoms with Crippen molar-refractivity contribution in [2.24, 2.45) is 4.99 Å². The Bertz CT molecular complexity index is 1560. The summed E-state index contributed by atoms with van der Waals surface area (Å²) in [6.07, 6.45) is 3.28.